The van der Waals surface area contributed by atoms with Gasteiger partial charge in [0.1, 0.15) is 5.76 Å². The lowest BCUT2D eigenvalue weighted by Gasteiger charge is -2.33. The third-order valence-corrected chi connectivity index (χ3v) is 5.10. The van der Waals surface area contributed by atoms with Crippen molar-refractivity contribution in [2.24, 2.45) is 10.4 Å². The summed E-state index contributed by atoms with van der Waals surface area (Å²) in [6.07, 6.45) is 5.08. The van der Waals surface area contributed by atoms with Crippen molar-refractivity contribution >= 4 is 16.9 Å². The summed E-state index contributed by atoms with van der Waals surface area (Å²) in [7, 11) is 0. The Hall–Kier alpha value is -0.900. The van der Waals surface area contributed by atoms with Crippen molar-refractivity contribution in [3.63, 3.8) is 0 Å². The lowest BCUT2D eigenvalue weighted by atomic mass is 9.84. The SMILES string of the molecule is CCC1(CC)CN=C(NCCc2ccco2)SC1. The minimum absolute atomic E-state index is 0.427. The molecule has 0 radical (unpaired) electrons. The first kappa shape index (κ1) is 13.5. The molecule has 1 aromatic heterocycles. The van der Waals surface area contributed by atoms with E-state index in [0.29, 0.717) is 5.41 Å². The fourth-order valence-electron chi connectivity index (χ4n) is 2.08. The number of nitrogens with zero attached hydrogens (tertiary/aromatic N) is 1. The maximum absolute atomic E-state index is 5.30. The molecular weight excluding hydrogens is 244 g/mol. The van der Waals surface area contributed by atoms with Gasteiger partial charge in [-0.15, -0.1) is 0 Å². The quantitative estimate of drug-likeness (QED) is 0.888. The second-order valence-corrected chi connectivity index (χ2v) is 5.84. The van der Waals surface area contributed by atoms with E-state index < -0.39 is 0 Å². The van der Waals surface area contributed by atoms with Crippen LogP contribution in [0.4, 0.5) is 0 Å². The Morgan fingerprint density at radius 3 is 2.83 bits per heavy atom. The Bertz CT molecular complexity index is 383. The average molecular weight is 266 g/mol. The van der Waals surface area contributed by atoms with Gasteiger partial charge in [-0.3, -0.25) is 4.99 Å². The fraction of sp³-hybridized carbons (Fsp3) is 0.643. The fourth-order valence-corrected chi connectivity index (χ4v) is 3.39. The molecule has 18 heavy (non-hydrogen) atoms. The molecule has 1 aromatic rings. The first-order valence-electron chi connectivity index (χ1n) is 6.71. The van der Waals surface area contributed by atoms with Gasteiger partial charge in [0.15, 0.2) is 5.17 Å². The van der Waals surface area contributed by atoms with Crippen LogP contribution in [0.15, 0.2) is 27.8 Å². The van der Waals surface area contributed by atoms with E-state index in [2.05, 4.69) is 24.2 Å². The predicted octanol–water partition coefficient (Wildman–Crippen LogP) is 3.32. The maximum atomic E-state index is 5.30. The van der Waals surface area contributed by atoms with Crippen molar-refractivity contribution in [3.8, 4) is 0 Å². The predicted molar refractivity (Wildman–Crippen MR) is 78.2 cm³/mol. The van der Waals surface area contributed by atoms with Gasteiger partial charge in [-0.2, -0.15) is 0 Å². The lowest BCUT2D eigenvalue weighted by molar-refractivity contribution is 0.318. The van der Waals surface area contributed by atoms with Crippen molar-refractivity contribution in [2.45, 2.75) is 33.1 Å². The molecule has 0 unspecified atom stereocenters. The van der Waals surface area contributed by atoms with Crippen molar-refractivity contribution in [1.29, 1.82) is 0 Å². The van der Waals surface area contributed by atoms with E-state index >= 15 is 0 Å². The third-order valence-electron chi connectivity index (χ3n) is 3.80. The number of hydrogen-bond donors (Lipinski definition) is 1. The molecular formula is C14H22N2OS. The van der Waals surface area contributed by atoms with Crippen LogP contribution in [0.5, 0.6) is 0 Å². The van der Waals surface area contributed by atoms with Gasteiger partial charge >= 0.3 is 0 Å². The Labute approximate surface area is 113 Å². The number of nitrogens with one attached hydrogen (secondary N) is 1. The van der Waals surface area contributed by atoms with Crippen molar-refractivity contribution in [3.05, 3.63) is 24.2 Å². The Morgan fingerprint density at radius 2 is 2.28 bits per heavy atom. The average Bonchev–Trinajstić information content (AvgIpc) is 2.93. The number of thioether (sulfide) groups is 1. The largest absolute Gasteiger partial charge is 0.469 e. The van der Waals surface area contributed by atoms with Gasteiger partial charge < -0.3 is 9.73 Å². The molecule has 2 heterocycles. The van der Waals surface area contributed by atoms with Gasteiger partial charge in [0.25, 0.3) is 0 Å². The lowest BCUT2D eigenvalue weighted by Crippen LogP contribution is -2.35. The highest BCUT2D eigenvalue weighted by Gasteiger charge is 2.29. The summed E-state index contributed by atoms with van der Waals surface area (Å²) in [5.74, 6) is 2.22. The van der Waals surface area contributed by atoms with Crippen LogP contribution >= 0.6 is 11.8 Å². The summed E-state index contributed by atoms with van der Waals surface area (Å²) in [5.41, 5.74) is 0.427. The zero-order valence-corrected chi connectivity index (χ0v) is 12.1. The van der Waals surface area contributed by atoms with Crippen LogP contribution < -0.4 is 5.32 Å². The van der Waals surface area contributed by atoms with Gasteiger partial charge in [-0.05, 0) is 30.4 Å². The first-order valence-corrected chi connectivity index (χ1v) is 7.70. The maximum Gasteiger partial charge on any atom is 0.156 e. The summed E-state index contributed by atoms with van der Waals surface area (Å²) in [6.45, 7) is 6.41. The Balaban J connectivity index is 1.76. The van der Waals surface area contributed by atoms with E-state index in [1.165, 1.54) is 18.6 Å². The molecule has 100 valence electrons. The first-order chi connectivity index (χ1) is 8.78. The van der Waals surface area contributed by atoms with E-state index in [1.807, 2.05) is 23.9 Å². The molecule has 2 rings (SSSR count). The molecule has 3 nitrogen and oxygen atoms in total. The normalized spacial score (nSPS) is 18.4. The van der Waals surface area contributed by atoms with Crippen molar-refractivity contribution in [2.75, 3.05) is 18.8 Å². The summed E-state index contributed by atoms with van der Waals surface area (Å²) in [6, 6.07) is 3.94. The highest BCUT2D eigenvalue weighted by atomic mass is 32.2. The van der Waals surface area contributed by atoms with E-state index in [1.54, 1.807) is 6.26 Å². The molecule has 1 aliphatic rings. The molecule has 0 saturated carbocycles. The van der Waals surface area contributed by atoms with Crippen LogP contribution in [0.3, 0.4) is 0 Å². The second kappa shape index (κ2) is 6.32. The zero-order valence-electron chi connectivity index (χ0n) is 11.2. The van der Waals surface area contributed by atoms with Crippen LogP contribution in [-0.2, 0) is 6.42 Å². The Morgan fingerprint density at radius 1 is 1.44 bits per heavy atom. The molecule has 0 spiro atoms. The smallest absolute Gasteiger partial charge is 0.156 e. The second-order valence-electron chi connectivity index (χ2n) is 4.87. The van der Waals surface area contributed by atoms with Crippen LogP contribution in [0.1, 0.15) is 32.4 Å². The molecule has 0 fully saturated rings. The summed E-state index contributed by atoms with van der Waals surface area (Å²) in [4.78, 5) is 4.68. The number of furan rings is 1. The summed E-state index contributed by atoms with van der Waals surface area (Å²) in [5, 5.41) is 4.50. The van der Waals surface area contributed by atoms with Gasteiger partial charge in [0.05, 0.1) is 6.26 Å². The third kappa shape index (κ3) is 3.31. The molecule has 1 aliphatic heterocycles. The Kier molecular flexibility index (Phi) is 4.75. The summed E-state index contributed by atoms with van der Waals surface area (Å²) < 4.78 is 5.30. The van der Waals surface area contributed by atoms with E-state index in [-0.39, 0.29) is 0 Å². The number of aliphatic imine (C=N–C) groups is 1. The van der Waals surface area contributed by atoms with Crippen LogP contribution in [-0.4, -0.2) is 24.0 Å². The monoisotopic (exact) mass is 266 g/mol. The van der Waals surface area contributed by atoms with Crippen LogP contribution in [0.2, 0.25) is 0 Å². The topological polar surface area (TPSA) is 37.5 Å². The molecule has 1 N–H and O–H groups in total. The van der Waals surface area contributed by atoms with Gasteiger partial charge in [-0.1, -0.05) is 25.6 Å². The number of hydrogen-bond acceptors (Lipinski definition) is 4. The van der Waals surface area contributed by atoms with Crippen LogP contribution in [0.25, 0.3) is 0 Å². The number of amidine groups is 1. The van der Waals surface area contributed by atoms with E-state index in [4.69, 9.17) is 4.42 Å². The minimum Gasteiger partial charge on any atom is -0.469 e. The van der Waals surface area contributed by atoms with Crippen molar-refractivity contribution < 1.29 is 4.42 Å². The van der Waals surface area contributed by atoms with E-state index in [0.717, 1.165) is 30.4 Å². The van der Waals surface area contributed by atoms with Crippen molar-refractivity contribution in [1.82, 2.24) is 5.32 Å². The van der Waals surface area contributed by atoms with Crippen LogP contribution in [0, 0.1) is 5.41 Å². The molecule has 0 saturated heterocycles. The van der Waals surface area contributed by atoms with Gasteiger partial charge in [-0.25, -0.2) is 0 Å². The highest BCUT2D eigenvalue weighted by Crippen LogP contribution is 2.34. The van der Waals surface area contributed by atoms with Gasteiger partial charge in [0.2, 0.25) is 0 Å². The molecule has 0 bridgehead atoms. The minimum atomic E-state index is 0.427. The summed E-state index contributed by atoms with van der Waals surface area (Å²) >= 11 is 1.86. The molecule has 0 aromatic carbocycles. The zero-order chi connectivity index (χ0) is 12.8. The standard InChI is InChI=1S/C14H22N2OS/c1-3-14(4-2)10-16-13(18-11-14)15-8-7-12-6-5-9-17-12/h5-6,9H,3-4,7-8,10-11H2,1-2H3,(H,15,16). The molecule has 0 atom stereocenters. The molecule has 0 amide bonds. The molecule has 0 aliphatic carbocycles. The van der Waals surface area contributed by atoms with Gasteiger partial charge in [0, 0.05) is 25.3 Å². The highest BCUT2D eigenvalue weighted by molar-refractivity contribution is 8.13. The van der Waals surface area contributed by atoms with E-state index in [9.17, 15) is 0 Å². The number of rotatable bonds is 5. The molecule has 4 heteroatoms.